The summed E-state index contributed by atoms with van der Waals surface area (Å²) < 4.78 is 5.84. The van der Waals surface area contributed by atoms with Gasteiger partial charge in [-0.3, -0.25) is 0 Å². The van der Waals surface area contributed by atoms with Crippen molar-refractivity contribution in [2.75, 3.05) is 33.4 Å². The fraction of sp³-hybridized carbons (Fsp3) is 1.00. The third-order valence-corrected chi connectivity index (χ3v) is 5.05. The van der Waals surface area contributed by atoms with Gasteiger partial charge in [-0.05, 0) is 57.9 Å². The molecule has 0 spiro atoms. The number of ether oxygens (including phenoxy) is 1. The number of aliphatic hydroxyl groups is 1. The molecule has 1 aliphatic heterocycles. The summed E-state index contributed by atoms with van der Waals surface area (Å²) in [4.78, 5) is 2.37. The van der Waals surface area contributed by atoms with Gasteiger partial charge in [-0.15, -0.1) is 0 Å². The van der Waals surface area contributed by atoms with E-state index in [1.807, 2.05) is 0 Å². The van der Waals surface area contributed by atoms with Gasteiger partial charge in [0.25, 0.3) is 0 Å². The summed E-state index contributed by atoms with van der Waals surface area (Å²) in [5.74, 6) is 0.669. The van der Waals surface area contributed by atoms with E-state index in [0.29, 0.717) is 18.1 Å². The fourth-order valence-electron chi connectivity index (χ4n) is 3.63. The summed E-state index contributed by atoms with van der Waals surface area (Å²) in [7, 11) is 2.18. The Morgan fingerprint density at radius 2 is 2.00 bits per heavy atom. The normalized spacial score (nSPS) is 30.4. The molecule has 2 saturated carbocycles. The highest BCUT2D eigenvalue weighted by molar-refractivity contribution is 5.06. The van der Waals surface area contributed by atoms with Gasteiger partial charge in [0.1, 0.15) is 0 Å². The molecular weight excluding hydrogens is 252 g/mol. The van der Waals surface area contributed by atoms with E-state index in [-0.39, 0.29) is 12.1 Å². The van der Waals surface area contributed by atoms with E-state index in [0.717, 1.165) is 19.7 Å². The van der Waals surface area contributed by atoms with Crippen LogP contribution in [-0.2, 0) is 4.74 Å². The van der Waals surface area contributed by atoms with Crippen molar-refractivity contribution in [3.63, 3.8) is 0 Å². The molecule has 0 aromatic rings. The Bertz CT molecular complexity index is 312. The van der Waals surface area contributed by atoms with Crippen molar-refractivity contribution >= 4 is 0 Å². The smallest absolute Gasteiger partial charge is 0.0701 e. The van der Waals surface area contributed by atoms with E-state index in [9.17, 15) is 5.11 Å². The minimum atomic E-state index is -0.0649. The predicted molar refractivity (Wildman–Crippen MR) is 79.8 cm³/mol. The standard InChI is InChI=1S/C16H30N2O2/c1-18(10-15-4-2-3-9-20-15)11-16(12-19,13-5-6-13)17-14-7-8-14/h13-15,17,19H,2-12H2,1H3. The lowest BCUT2D eigenvalue weighted by atomic mass is 9.92. The Hall–Kier alpha value is -0.160. The van der Waals surface area contributed by atoms with Gasteiger partial charge < -0.3 is 20.1 Å². The zero-order chi connectivity index (χ0) is 14.0. The van der Waals surface area contributed by atoms with Crippen LogP contribution in [0.1, 0.15) is 44.9 Å². The fourth-order valence-corrected chi connectivity index (χ4v) is 3.63. The van der Waals surface area contributed by atoms with Gasteiger partial charge in [0.2, 0.25) is 0 Å². The van der Waals surface area contributed by atoms with E-state index >= 15 is 0 Å². The van der Waals surface area contributed by atoms with Crippen LogP contribution in [0.4, 0.5) is 0 Å². The van der Waals surface area contributed by atoms with Crippen molar-refractivity contribution in [1.82, 2.24) is 10.2 Å². The molecule has 1 heterocycles. The van der Waals surface area contributed by atoms with Crippen LogP contribution in [0.2, 0.25) is 0 Å². The molecule has 2 unspecified atom stereocenters. The molecule has 0 aromatic carbocycles. The van der Waals surface area contributed by atoms with Crippen LogP contribution >= 0.6 is 0 Å². The average Bonchev–Trinajstić information content (AvgIpc) is 3.32. The van der Waals surface area contributed by atoms with E-state index < -0.39 is 0 Å². The van der Waals surface area contributed by atoms with Crippen LogP contribution in [0.5, 0.6) is 0 Å². The predicted octanol–water partition coefficient (Wildman–Crippen LogP) is 1.38. The van der Waals surface area contributed by atoms with Crippen LogP contribution in [0.25, 0.3) is 0 Å². The van der Waals surface area contributed by atoms with Gasteiger partial charge in [0.05, 0.1) is 18.2 Å². The van der Waals surface area contributed by atoms with Crippen molar-refractivity contribution in [3.05, 3.63) is 0 Å². The SMILES string of the molecule is CN(CC1CCCCO1)CC(CO)(NC1CC1)C1CC1. The first-order valence-electron chi connectivity index (χ1n) is 8.40. The van der Waals surface area contributed by atoms with Crippen LogP contribution in [0, 0.1) is 5.92 Å². The molecule has 2 atom stereocenters. The molecule has 4 heteroatoms. The summed E-state index contributed by atoms with van der Waals surface area (Å²) >= 11 is 0. The maximum absolute atomic E-state index is 10.00. The Balaban J connectivity index is 1.53. The average molecular weight is 282 g/mol. The third kappa shape index (κ3) is 3.73. The second kappa shape index (κ2) is 6.30. The molecule has 3 rings (SSSR count). The number of aliphatic hydroxyl groups excluding tert-OH is 1. The number of likely N-dealkylation sites (N-methyl/N-ethyl adjacent to an activating group) is 1. The first-order chi connectivity index (χ1) is 9.72. The molecule has 0 radical (unpaired) electrons. The van der Waals surface area contributed by atoms with Gasteiger partial charge in [0, 0.05) is 25.7 Å². The Morgan fingerprint density at radius 1 is 1.20 bits per heavy atom. The highest BCUT2D eigenvalue weighted by atomic mass is 16.5. The molecule has 20 heavy (non-hydrogen) atoms. The van der Waals surface area contributed by atoms with Crippen molar-refractivity contribution in [2.45, 2.75) is 62.6 Å². The summed E-state index contributed by atoms with van der Waals surface area (Å²) in [6.45, 7) is 3.14. The zero-order valence-corrected chi connectivity index (χ0v) is 12.8. The van der Waals surface area contributed by atoms with Crippen LogP contribution in [0.15, 0.2) is 0 Å². The lowest BCUT2D eigenvalue weighted by molar-refractivity contribution is -0.00966. The Morgan fingerprint density at radius 3 is 2.55 bits per heavy atom. The van der Waals surface area contributed by atoms with Gasteiger partial charge >= 0.3 is 0 Å². The highest BCUT2D eigenvalue weighted by Gasteiger charge is 2.47. The van der Waals surface area contributed by atoms with E-state index in [1.54, 1.807) is 0 Å². The molecular formula is C16H30N2O2. The van der Waals surface area contributed by atoms with Crippen LogP contribution in [0.3, 0.4) is 0 Å². The topological polar surface area (TPSA) is 44.7 Å². The van der Waals surface area contributed by atoms with Gasteiger partial charge in [-0.1, -0.05) is 0 Å². The van der Waals surface area contributed by atoms with Gasteiger partial charge in [-0.25, -0.2) is 0 Å². The molecule has 1 saturated heterocycles. The molecule has 2 aliphatic carbocycles. The largest absolute Gasteiger partial charge is 0.394 e. The molecule has 0 amide bonds. The maximum Gasteiger partial charge on any atom is 0.0701 e. The third-order valence-electron chi connectivity index (χ3n) is 5.05. The highest BCUT2D eigenvalue weighted by Crippen LogP contribution is 2.41. The van der Waals surface area contributed by atoms with E-state index in [4.69, 9.17) is 4.74 Å². The monoisotopic (exact) mass is 282 g/mol. The molecule has 3 fully saturated rings. The lowest BCUT2D eigenvalue weighted by Gasteiger charge is -2.38. The minimum absolute atomic E-state index is 0.0649. The number of hydrogen-bond acceptors (Lipinski definition) is 4. The maximum atomic E-state index is 10.00. The summed E-state index contributed by atoms with van der Waals surface area (Å²) in [5.41, 5.74) is -0.0649. The summed E-state index contributed by atoms with van der Waals surface area (Å²) in [6, 6.07) is 0.655. The first-order valence-corrected chi connectivity index (χ1v) is 8.40. The first kappa shape index (κ1) is 14.8. The number of rotatable bonds is 8. The number of hydrogen-bond donors (Lipinski definition) is 2. The number of nitrogens with one attached hydrogen (secondary N) is 1. The quantitative estimate of drug-likeness (QED) is 0.706. The Kier molecular flexibility index (Phi) is 4.65. The second-order valence-electron chi connectivity index (χ2n) is 7.19. The van der Waals surface area contributed by atoms with Crippen molar-refractivity contribution in [3.8, 4) is 0 Å². The number of nitrogens with zero attached hydrogens (tertiary/aromatic N) is 1. The molecule has 3 aliphatic rings. The van der Waals surface area contributed by atoms with E-state index in [2.05, 4.69) is 17.3 Å². The zero-order valence-electron chi connectivity index (χ0n) is 12.8. The molecule has 0 bridgehead atoms. The molecule has 0 aromatic heterocycles. The van der Waals surface area contributed by atoms with Crippen LogP contribution in [-0.4, -0.2) is 61.0 Å². The summed E-state index contributed by atoms with van der Waals surface area (Å²) in [6.07, 6.45) is 9.20. The molecule has 116 valence electrons. The van der Waals surface area contributed by atoms with Gasteiger partial charge in [-0.2, -0.15) is 0 Å². The molecule has 2 N–H and O–H groups in total. The molecule has 4 nitrogen and oxygen atoms in total. The minimum Gasteiger partial charge on any atom is -0.394 e. The second-order valence-corrected chi connectivity index (χ2v) is 7.19. The van der Waals surface area contributed by atoms with Gasteiger partial charge in [0.15, 0.2) is 0 Å². The van der Waals surface area contributed by atoms with E-state index in [1.165, 1.54) is 44.9 Å². The summed E-state index contributed by atoms with van der Waals surface area (Å²) in [5, 5.41) is 13.7. The van der Waals surface area contributed by atoms with Crippen molar-refractivity contribution in [1.29, 1.82) is 0 Å². The Labute approximate surface area is 122 Å². The van der Waals surface area contributed by atoms with Crippen molar-refractivity contribution < 1.29 is 9.84 Å². The van der Waals surface area contributed by atoms with Crippen LogP contribution < -0.4 is 5.32 Å². The van der Waals surface area contributed by atoms with Crippen molar-refractivity contribution in [2.24, 2.45) is 5.92 Å². The lowest BCUT2D eigenvalue weighted by Crippen LogP contribution is -2.59.